The molecule has 0 aliphatic heterocycles. The number of thiazole rings is 1. The van der Waals surface area contributed by atoms with Crippen LogP contribution in [-0.4, -0.2) is 29.1 Å². The van der Waals surface area contributed by atoms with Gasteiger partial charge in [-0.3, -0.25) is 4.79 Å². The summed E-state index contributed by atoms with van der Waals surface area (Å²) in [6, 6.07) is 6.88. The lowest BCUT2D eigenvalue weighted by molar-refractivity contribution is -0.114. The number of ether oxygens (including phenoxy) is 1. The molecule has 2 aromatic rings. The van der Waals surface area contributed by atoms with Gasteiger partial charge in [0, 0.05) is 12.5 Å². The molecule has 0 saturated carbocycles. The minimum atomic E-state index is -1.08. The van der Waals surface area contributed by atoms with Gasteiger partial charge in [-0.1, -0.05) is 11.3 Å². The molecule has 0 unspecified atom stereocenters. The van der Waals surface area contributed by atoms with Crippen LogP contribution < -0.4 is 10.1 Å². The molecule has 0 aliphatic carbocycles. The van der Waals surface area contributed by atoms with E-state index in [1.165, 1.54) is 6.92 Å². The number of anilines is 1. The van der Waals surface area contributed by atoms with Gasteiger partial charge in [-0.05, 0) is 24.3 Å². The van der Waals surface area contributed by atoms with Gasteiger partial charge in [0.05, 0.1) is 12.8 Å². The largest absolute Gasteiger partial charge is 0.497 e. The number of carboxylic acid groups (broad SMARTS) is 1. The Morgan fingerprint density at radius 2 is 1.95 bits per heavy atom. The standard InChI is InChI=1S/C13H12N2O4S/c1-7(16)14-13-15-10(11(20-13)12(17)18)8-3-5-9(19-2)6-4-8/h3-6H,1-2H3,(H,17,18)(H,14,15,16). The first-order valence-electron chi connectivity index (χ1n) is 5.67. The molecule has 0 fully saturated rings. The molecule has 1 aromatic heterocycles. The number of hydrogen-bond donors (Lipinski definition) is 2. The number of nitrogens with one attached hydrogen (secondary N) is 1. The van der Waals surface area contributed by atoms with Gasteiger partial charge in [0.2, 0.25) is 5.91 Å². The molecule has 0 bridgehead atoms. The van der Waals surface area contributed by atoms with Crippen molar-refractivity contribution in [3.63, 3.8) is 0 Å². The third-order valence-electron chi connectivity index (χ3n) is 2.47. The van der Waals surface area contributed by atoms with Crippen LogP contribution >= 0.6 is 11.3 Å². The lowest BCUT2D eigenvalue weighted by atomic mass is 10.1. The van der Waals surface area contributed by atoms with Crippen LogP contribution in [0.5, 0.6) is 5.75 Å². The molecule has 0 spiro atoms. The van der Waals surface area contributed by atoms with Crippen molar-refractivity contribution in [3.8, 4) is 17.0 Å². The molecule has 0 aliphatic rings. The Labute approximate surface area is 119 Å². The second-order valence-corrected chi connectivity index (χ2v) is 4.91. The Bertz CT molecular complexity index is 649. The Morgan fingerprint density at radius 1 is 1.30 bits per heavy atom. The van der Waals surface area contributed by atoms with Crippen LogP contribution in [0.25, 0.3) is 11.3 Å². The highest BCUT2D eigenvalue weighted by atomic mass is 32.1. The molecule has 2 N–H and O–H groups in total. The van der Waals surface area contributed by atoms with Crippen molar-refractivity contribution < 1.29 is 19.4 Å². The SMILES string of the molecule is COc1ccc(-c2nc(NC(C)=O)sc2C(=O)O)cc1. The maximum Gasteiger partial charge on any atom is 0.348 e. The van der Waals surface area contributed by atoms with Gasteiger partial charge >= 0.3 is 5.97 Å². The van der Waals surface area contributed by atoms with Gasteiger partial charge in [-0.25, -0.2) is 9.78 Å². The number of methoxy groups -OCH3 is 1. The lowest BCUT2D eigenvalue weighted by Crippen LogP contribution is -2.04. The Hall–Kier alpha value is -2.41. The molecule has 1 aromatic carbocycles. The first kappa shape index (κ1) is 14.0. The number of hydrogen-bond acceptors (Lipinski definition) is 5. The van der Waals surface area contributed by atoms with Crippen molar-refractivity contribution in [2.45, 2.75) is 6.92 Å². The van der Waals surface area contributed by atoms with E-state index in [4.69, 9.17) is 4.74 Å². The van der Waals surface area contributed by atoms with Gasteiger partial charge in [0.25, 0.3) is 0 Å². The summed E-state index contributed by atoms with van der Waals surface area (Å²) in [5, 5.41) is 12.0. The summed E-state index contributed by atoms with van der Waals surface area (Å²) < 4.78 is 5.05. The third kappa shape index (κ3) is 2.94. The molecule has 0 saturated heterocycles. The summed E-state index contributed by atoms with van der Waals surface area (Å²) in [5.41, 5.74) is 0.977. The molecule has 0 atom stereocenters. The van der Waals surface area contributed by atoms with Crippen LogP contribution in [0.4, 0.5) is 5.13 Å². The molecule has 6 nitrogen and oxygen atoms in total. The third-order valence-corrected chi connectivity index (χ3v) is 3.43. The maximum atomic E-state index is 11.3. The van der Waals surface area contributed by atoms with Crippen LogP contribution in [-0.2, 0) is 4.79 Å². The minimum Gasteiger partial charge on any atom is -0.497 e. The van der Waals surface area contributed by atoms with Crippen molar-refractivity contribution in [1.82, 2.24) is 4.98 Å². The zero-order valence-corrected chi connectivity index (χ0v) is 11.7. The van der Waals surface area contributed by atoms with Gasteiger partial charge in [-0.15, -0.1) is 0 Å². The summed E-state index contributed by atoms with van der Waals surface area (Å²) in [6.07, 6.45) is 0. The van der Waals surface area contributed by atoms with Gasteiger partial charge in [-0.2, -0.15) is 0 Å². The van der Waals surface area contributed by atoms with E-state index in [2.05, 4.69) is 10.3 Å². The average Bonchev–Trinajstić information content (AvgIpc) is 2.82. The number of aromatic carboxylic acids is 1. The normalized spacial score (nSPS) is 10.1. The summed E-state index contributed by atoms with van der Waals surface area (Å²) in [6.45, 7) is 1.34. The monoisotopic (exact) mass is 292 g/mol. The van der Waals surface area contributed by atoms with E-state index in [0.29, 0.717) is 17.0 Å². The zero-order chi connectivity index (χ0) is 14.7. The molecule has 2 rings (SSSR count). The number of nitrogens with zero attached hydrogens (tertiary/aromatic N) is 1. The molecular weight excluding hydrogens is 280 g/mol. The lowest BCUT2D eigenvalue weighted by Gasteiger charge is -2.01. The van der Waals surface area contributed by atoms with E-state index in [0.717, 1.165) is 11.3 Å². The van der Waals surface area contributed by atoms with Gasteiger partial charge in [0.1, 0.15) is 10.6 Å². The van der Waals surface area contributed by atoms with Crippen molar-refractivity contribution in [2.75, 3.05) is 12.4 Å². The molecule has 0 radical (unpaired) electrons. The number of aromatic nitrogens is 1. The first-order valence-corrected chi connectivity index (χ1v) is 6.49. The van der Waals surface area contributed by atoms with E-state index in [9.17, 15) is 14.7 Å². The molecule has 7 heteroatoms. The number of carbonyl (C=O) groups is 2. The van der Waals surface area contributed by atoms with Crippen molar-refractivity contribution >= 4 is 28.3 Å². The van der Waals surface area contributed by atoms with Crippen LogP contribution in [0.15, 0.2) is 24.3 Å². The Morgan fingerprint density at radius 3 is 2.45 bits per heavy atom. The summed E-state index contributed by atoms with van der Waals surface area (Å²) in [4.78, 5) is 26.5. The van der Waals surface area contributed by atoms with Crippen LogP contribution in [0.3, 0.4) is 0 Å². The number of amides is 1. The van der Waals surface area contributed by atoms with Crippen LogP contribution in [0, 0.1) is 0 Å². The second kappa shape index (κ2) is 5.70. The Kier molecular flexibility index (Phi) is 3.99. The van der Waals surface area contributed by atoms with Gasteiger partial charge < -0.3 is 15.2 Å². The first-order chi connectivity index (χ1) is 9.51. The van der Waals surface area contributed by atoms with Crippen molar-refractivity contribution in [3.05, 3.63) is 29.1 Å². The molecule has 1 amide bonds. The minimum absolute atomic E-state index is 0.0823. The summed E-state index contributed by atoms with van der Waals surface area (Å²) in [7, 11) is 1.55. The summed E-state index contributed by atoms with van der Waals surface area (Å²) >= 11 is 0.927. The molecule has 20 heavy (non-hydrogen) atoms. The quantitative estimate of drug-likeness (QED) is 0.903. The Balaban J connectivity index is 2.44. The van der Waals surface area contributed by atoms with E-state index in [1.807, 2.05) is 0 Å². The second-order valence-electron chi connectivity index (χ2n) is 3.91. The average molecular weight is 292 g/mol. The molecular formula is C13H12N2O4S. The van der Waals surface area contributed by atoms with Crippen LogP contribution in [0.2, 0.25) is 0 Å². The zero-order valence-electron chi connectivity index (χ0n) is 10.8. The van der Waals surface area contributed by atoms with Gasteiger partial charge in [0.15, 0.2) is 5.13 Å². The number of carboxylic acids is 1. The van der Waals surface area contributed by atoms with E-state index in [1.54, 1.807) is 31.4 Å². The number of rotatable bonds is 4. The van der Waals surface area contributed by atoms with E-state index < -0.39 is 5.97 Å². The smallest absolute Gasteiger partial charge is 0.348 e. The van der Waals surface area contributed by atoms with Crippen molar-refractivity contribution in [1.29, 1.82) is 0 Å². The fourth-order valence-corrected chi connectivity index (χ4v) is 2.49. The highest BCUT2D eigenvalue weighted by Gasteiger charge is 2.19. The predicted molar refractivity (Wildman–Crippen MR) is 75.4 cm³/mol. The summed E-state index contributed by atoms with van der Waals surface area (Å²) in [5.74, 6) is -0.704. The number of carbonyl (C=O) groups excluding carboxylic acids is 1. The number of benzene rings is 1. The molecule has 1 heterocycles. The van der Waals surface area contributed by atoms with E-state index in [-0.39, 0.29) is 15.9 Å². The van der Waals surface area contributed by atoms with Crippen molar-refractivity contribution in [2.24, 2.45) is 0 Å². The van der Waals surface area contributed by atoms with E-state index >= 15 is 0 Å². The highest BCUT2D eigenvalue weighted by Crippen LogP contribution is 2.32. The predicted octanol–water partition coefficient (Wildman–Crippen LogP) is 2.48. The molecule has 104 valence electrons. The fraction of sp³-hybridized carbons (Fsp3) is 0.154. The topological polar surface area (TPSA) is 88.5 Å². The fourth-order valence-electron chi connectivity index (χ4n) is 1.61. The highest BCUT2D eigenvalue weighted by molar-refractivity contribution is 7.18. The maximum absolute atomic E-state index is 11.3. The van der Waals surface area contributed by atoms with Crippen LogP contribution in [0.1, 0.15) is 16.6 Å².